The Hall–Kier alpha value is -0.510. The third-order valence-electron chi connectivity index (χ3n) is 2.20. The molecule has 94 valence electrons. The molecule has 0 unspecified atom stereocenters. The SMILES string of the molecule is CCCCCNC(=O)c1cc(Cl)c(Cl)nc1Cl. The lowest BCUT2D eigenvalue weighted by molar-refractivity contribution is 0.0953. The Labute approximate surface area is 115 Å². The van der Waals surface area contributed by atoms with Crippen LogP contribution in [-0.4, -0.2) is 17.4 Å². The fourth-order valence-corrected chi connectivity index (χ4v) is 1.84. The molecule has 0 atom stereocenters. The second kappa shape index (κ2) is 7.04. The zero-order chi connectivity index (χ0) is 12.8. The normalized spacial score (nSPS) is 10.4. The highest BCUT2D eigenvalue weighted by atomic mass is 35.5. The van der Waals surface area contributed by atoms with Gasteiger partial charge < -0.3 is 5.32 Å². The summed E-state index contributed by atoms with van der Waals surface area (Å²) in [6.07, 6.45) is 3.12. The summed E-state index contributed by atoms with van der Waals surface area (Å²) in [5, 5.41) is 3.13. The summed E-state index contributed by atoms with van der Waals surface area (Å²) in [7, 11) is 0. The van der Waals surface area contributed by atoms with Crippen molar-refractivity contribution in [3.8, 4) is 0 Å². The summed E-state index contributed by atoms with van der Waals surface area (Å²) in [5.41, 5.74) is 0.248. The van der Waals surface area contributed by atoms with Crippen LogP contribution in [0.5, 0.6) is 0 Å². The summed E-state index contributed by atoms with van der Waals surface area (Å²) >= 11 is 17.3. The van der Waals surface area contributed by atoms with Gasteiger partial charge in [0.25, 0.3) is 5.91 Å². The lowest BCUT2D eigenvalue weighted by atomic mass is 10.2. The van der Waals surface area contributed by atoms with E-state index in [4.69, 9.17) is 34.8 Å². The first-order chi connectivity index (χ1) is 8.06. The molecule has 1 heterocycles. The molecule has 0 spiro atoms. The number of hydrogen-bond donors (Lipinski definition) is 1. The van der Waals surface area contributed by atoms with Gasteiger partial charge in [0.1, 0.15) is 10.3 Å². The molecule has 0 saturated heterocycles. The average Bonchev–Trinajstić information content (AvgIpc) is 2.29. The Kier molecular flexibility index (Phi) is 6.03. The van der Waals surface area contributed by atoms with E-state index in [2.05, 4.69) is 17.2 Å². The van der Waals surface area contributed by atoms with Gasteiger partial charge in [0, 0.05) is 6.54 Å². The predicted octanol–water partition coefficient (Wildman–Crippen LogP) is 3.96. The van der Waals surface area contributed by atoms with Crippen molar-refractivity contribution in [3.63, 3.8) is 0 Å². The van der Waals surface area contributed by atoms with Crippen molar-refractivity contribution < 1.29 is 4.79 Å². The summed E-state index contributed by atoms with van der Waals surface area (Å²) in [6, 6.07) is 1.42. The molecule has 0 aliphatic carbocycles. The number of carbonyl (C=O) groups excluding carboxylic acids is 1. The number of unbranched alkanes of at least 4 members (excludes halogenated alkanes) is 2. The smallest absolute Gasteiger partial charge is 0.254 e. The zero-order valence-corrected chi connectivity index (χ0v) is 11.7. The lowest BCUT2D eigenvalue weighted by Gasteiger charge is -2.07. The first-order valence-electron chi connectivity index (χ1n) is 5.36. The molecule has 0 aliphatic rings. The van der Waals surface area contributed by atoms with E-state index >= 15 is 0 Å². The average molecular weight is 296 g/mol. The van der Waals surface area contributed by atoms with Crippen LogP contribution < -0.4 is 5.32 Å². The van der Waals surface area contributed by atoms with Crippen LogP contribution in [0.25, 0.3) is 0 Å². The molecule has 0 saturated carbocycles. The minimum atomic E-state index is -0.280. The fraction of sp³-hybridized carbons (Fsp3) is 0.455. The van der Waals surface area contributed by atoms with E-state index in [0.717, 1.165) is 19.3 Å². The maximum atomic E-state index is 11.8. The van der Waals surface area contributed by atoms with Gasteiger partial charge in [0.05, 0.1) is 10.6 Å². The van der Waals surface area contributed by atoms with Gasteiger partial charge in [-0.3, -0.25) is 4.79 Å². The van der Waals surface area contributed by atoms with Crippen molar-refractivity contribution in [2.24, 2.45) is 0 Å². The van der Waals surface area contributed by atoms with Crippen LogP contribution in [0.1, 0.15) is 36.5 Å². The van der Waals surface area contributed by atoms with E-state index in [9.17, 15) is 4.79 Å². The van der Waals surface area contributed by atoms with E-state index in [1.54, 1.807) is 0 Å². The summed E-state index contributed by atoms with van der Waals surface area (Å²) in [6.45, 7) is 2.71. The van der Waals surface area contributed by atoms with Crippen LogP contribution in [-0.2, 0) is 0 Å². The maximum absolute atomic E-state index is 11.8. The molecular formula is C11H13Cl3N2O. The summed E-state index contributed by atoms with van der Waals surface area (Å²) in [4.78, 5) is 15.5. The Balaban J connectivity index is 2.66. The number of carbonyl (C=O) groups is 1. The maximum Gasteiger partial charge on any atom is 0.254 e. The third-order valence-corrected chi connectivity index (χ3v) is 3.16. The molecule has 1 N–H and O–H groups in total. The number of amides is 1. The van der Waals surface area contributed by atoms with E-state index in [0.29, 0.717) is 6.54 Å². The van der Waals surface area contributed by atoms with Crippen LogP contribution in [0.2, 0.25) is 15.3 Å². The van der Waals surface area contributed by atoms with Crippen LogP contribution in [0.4, 0.5) is 0 Å². The Morgan fingerprint density at radius 3 is 2.65 bits per heavy atom. The van der Waals surface area contributed by atoms with Crippen molar-refractivity contribution in [2.45, 2.75) is 26.2 Å². The van der Waals surface area contributed by atoms with E-state index in [1.807, 2.05) is 0 Å². The van der Waals surface area contributed by atoms with Crippen LogP contribution in [0.15, 0.2) is 6.07 Å². The van der Waals surface area contributed by atoms with Crippen molar-refractivity contribution in [1.82, 2.24) is 10.3 Å². The van der Waals surface area contributed by atoms with Gasteiger partial charge in [-0.1, -0.05) is 54.6 Å². The molecule has 17 heavy (non-hydrogen) atoms. The van der Waals surface area contributed by atoms with Crippen LogP contribution >= 0.6 is 34.8 Å². The van der Waals surface area contributed by atoms with Gasteiger partial charge in [-0.25, -0.2) is 4.98 Å². The molecule has 1 amide bonds. The molecule has 1 aromatic heterocycles. The van der Waals surface area contributed by atoms with Crippen molar-refractivity contribution in [1.29, 1.82) is 0 Å². The van der Waals surface area contributed by atoms with Crippen molar-refractivity contribution in [3.05, 3.63) is 27.0 Å². The number of rotatable bonds is 5. The van der Waals surface area contributed by atoms with E-state index in [-0.39, 0.29) is 26.8 Å². The Morgan fingerprint density at radius 2 is 2.00 bits per heavy atom. The predicted molar refractivity (Wildman–Crippen MR) is 71.1 cm³/mol. The van der Waals surface area contributed by atoms with Crippen LogP contribution in [0, 0.1) is 0 Å². The molecule has 0 aromatic carbocycles. The first kappa shape index (κ1) is 14.6. The van der Waals surface area contributed by atoms with Crippen LogP contribution in [0.3, 0.4) is 0 Å². The molecule has 0 fully saturated rings. The summed E-state index contributed by atoms with van der Waals surface area (Å²) in [5.74, 6) is -0.280. The minimum Gasteiger partial charge on any atom is -0.352 e. The summed E-state index contributed by atoms with van der Waals surface area (Å²) < 4.78 is 0. The van der Waals surface area contributed by atoms with Crippen molar-refractivity contribution >= 4 is 40.7 Å². The third kappa shape index (κ3) is 4.34. The Bertz CT molecular complexity index is 410. The van der Waals surface area contributed by atoms with Gasteiger partial charge in [-0.05, 0) is 12.5 Å². The molecule has 1 rings (SSSR count). The fourth-order valence-electron chi connectivity index (χ4n) is 1.28. The van der Waals surface area contributed by atoms with Gasteiger partial charge in [-0.2, -0.15) is 0 Å². The monoisotopic (exact) mass is 294 g/mol. The number of halogens is 3. The molecule has 6 heteroatoms. The van der Waals surface area contributed by atoms with Crippen molar-refractivity contribution in [2.75, 3.05) is 6.54 Å². The lowest BCUT2D eigenvalue weighted by Crippen LogP contribution is -2.25. The second-order valence-corrected chi connectivity index (χ2v) is 4.69. The van der Waals surface area contributed by atoms with Gasteiger partial charge in [0.15, 0.2) is 0 Å². The Morgan fingerprint density at radius 1 is 1.29 bits per heavy atom. The molecule has 0 radical (unpaired) electrons. The number of hydrogen-bond acceptors (Lipinski definition) is 2. The molecule has 3 nitrogen and oxygen atoms in total. The number of aromatic nitrogens is 1. The minimum absolute atomic E-state index is 0.0624. The number of nitrogens with zero attached hydrogens (tertiary/aromatic N) is 1. The highest BCUT2D eigenvalue weighted by Gasteiger charge is 2.14. The number of nitrogens with one attached hydrogen (secondary N) is 1. The highest BCUT2D eigenvalue weighted by molar-refractivity contribution is 6.42. The van der Waals surface area contributed by atoms with Gasteiger partial charge in [0.2, 0.25) is 0 Å². The van der Waals surface area contributed by atoms with Gasteiger partial charge in [-0.15, -0.1) is 0 Å². The topological polar surface area (TPSA) is 42.0 Å². The quantitative estimate of drug-likeness (QED) is 0.660. The molecule has 0 bridgehead atoms. The number of pyridine rings is 1. The van der Waals surface area contributed by atoms with E-state index in [1.165, 1.54) is 6.07 Å². The highest BCUT2D eigenvalue weighted by Crippen LogP contribution is 2.25. The molecule has 1 aromatic rings. The van der Waals surface area contributed by atoms with E-state index < -0.39 is 0 Å². The second-order valence-electron chi connectivity index (χ2n) is 3.56. The standard InChI is InChI=1S/C11H13Cl3N2O/c1-2-3-4-5-15-11(17)7-6-8(12)10(14)16-9(7)13/h6H,2-5H2,1H3,(H,15,17). The molecule has 0 aliphatic heterocycles. The molecular weight excluding hydrogens is 282 g/mol. The largest absolute Gasteiger partial charge is 0.352 e. The van der Waals surface area contributed by atoms with Gasteiger partial charge >= 0.3 is 0 Å². The first-order valence-corrected chi connectivity index (χ1v) is 6.49. The zero-order valence-electron chi connectivity index (χ0n) is 9.40.